The molecule has 0 aliphatic carbocycles. The van der Waals surface area contributed by atoms with Gasteiger partial charge < -0.3 is 15.0 Å². The number of hydrogen-bond donors (Lipinski definition) is 3. The van der Waals surface area contributed by atoms with Gasteiger partial charge in [0.2, 0.25) is 0 Å². The normalized spacial score (nSPS) is 11.5. The molecule has 12 heteroatoms. The third-order valence-electron chi connectivity index (χ3n) is 6.06. The van der Waals surface area contributed by atoms with E-state index in [2.05, 4.69) is 35.5 Å². The Morgan fingerprint density at radius 2 is 1.78 bits per heavy atom. The summed E-state index contributed by atoms with van der Waals surface area (Å²) in [4.78, 5) is 47.9. The van der Waals surface area contributed by atoms with Crippen LogP contribution in [0.3, 0.4) is 0 Å². The summed E-state index contributed by atoms with van der Waals surface area (Å²) in [6, 6.07) is 14.4. The fourth-order valence-electron chi connectivity index (χ4n) is 4.26. The molecule has 0 bridgehead atoms. The summed E-state index contributed by atoms with van der Waals surface area (Å²) in [5, 5.41) is 11.4. The van der Waals surface area contributed by atoms with Gasteiger partial charge in [-0.25, -0.2) is 24.6 Å². The van der Waals surface area contributed by atoms with E-state index < -0.39 is 11.7 Å². The molecule has 4 aromatic heterocycles. The summed E-state index contributed by atoms with van der Waals surface area (Å²) < 4.78 is 5.73. The van der Waals surface area contributed by atoms with Gasteiger partial charge in [-0.3, -0.25) is 14.9 Å². The number of aromatic amines is 2. The molecule has 204 valence electrons. The van der Waals surface area contributed by atoms with Crippen LogP contribution in [0.15, 0.2) is 79.5 Å². The third-order valence-corrected chi connectivity index (χ3v) is 6.06. The SMILES string of the molecule is CC(C)(C)OC(=O)N(c1ccc2[nH]ncc2c1)c1ccnc(-c2ccc3cc(C(=O)Nc4cnccn4)[nH]c3c2)n1. The number of benzene rings is 2. The number of amides is 2. The zero-order valence-corrected chi connectivity index (χ0v) is 22.4. The Morgan fingerprint density at radius 1 is 0.902 bits per heavy atom. The number of fused-ring (bicyclic) bond motifs is 2. The first-order valence-corrected chi connectivity index (χ1v) is 12.7. The zero-order chi connectivity index (χ0) is 28.6. The highest BCUT2D eigenvalue weighted by Gasteiger charge is 2.27. The minimum atomic E-state index is -0.722. The van der Waals surface area contributed by atoms with Crippen LogP contribution in [0.1, 0.15) is 31.3 Å². The van der Waals surface area contributed by atoms with Crippen molar-refractivity contribution in [2.24, 2.45) is 0 Å². The standard InChI is InChI=1S/C29H25N9O3/c1-29(2,3)41-28(40)38(20-6-7-21-19(12-20)15-33-37-21)25-8-9-32-26(36-25)18-5-4-17-13-23(34-22(17)14-18)27(39)35-24-16-30-10-11-31-24/h4-16,34H,1-3H3,(H,33,37)(H,31,35,39). The molecule has 0 aliphatic rings. The average Bonchev–Trinajstić information content (AvgIpc) is 3.59. The van der Waals surface area contributed by atoms with Crippen molar-refractivity contribution in [1.29, 1.82) is 0 Å². The zero-order valence-electron chi connectivity index (χ0n) is 22.4. The van der Waals surface area contributed by atoms with Crippen LogP contribution in [-0.4, -0.2) is 52.7 Å². The van der Waals surface area contributed by atoms with Crippen molar-refractivity contribution in [2.45, 2.75) is 26.4 Å². The fraction of sp³-hybridized carbons (Fsp3) is 0.138. The predicted octanol–water partition coefficient (Wildman–Crippen LogP) is 5.62. The number of H-pyrrole nitrogens is 2. The summed E-state index contributed by atoms with van der Waals surface area (Å²) in [6.45, 7) is 5.42. The van der Waals surface area contributed by atoms with Crippen LogP contribution in [0.2, 0.25) is 0 Å². The van der Waals surface area contributed by atoms with Crippen LogP contribution in [0.5, 0.6) is 0 Å². The quantitative estimate of drug-likeness (QED) is 0.251. The number of ether oxygens (including phenoxy) is 1. The largest absolute Gasteiger partial charge is 0.443 e. The molecule has 0 unspecified atom stereocenters. The van der Waals surface area contributed by atoms with Crippen molar-refractivity contribution in [3.05, 3.63) is 85.2 Å². The molecule has 3 N–H and O–H groups in total. The first-order valence-electron chi connectivity index (χ1n) is 12.7. The van der Waals surface area contributed by atoms with Crippen LogP contribution >= 0.6 is 0 Å². The molecular formula is C29H25N9O3. The summed E-state index contributed by atoms with van der Waals surface area (Å²) in [7, 11) is 0. The van der Waals surface area contributed by atoms with Crippen LogP contribution in [0.25, 0.3) is 33.2 Å². The van der Waals surface area contributed by atoms with Crippen molar-refractivity contribution in [3.63, 3.8) is 0 Å². The second kappa shape index (κ2) is 10.2. The van der Waals surface area contributed by atoms with Gasteiger partial charge in [0.1, 0.15) is 17.1 Å². The number of nitrogens with zero attached hydrogens (tertiary/aromatic N) is 6. The molecule has 0 radical (unpaired) electrons. The molecule has 4 heterocycles. The first kappa shape index (κ1) is 25.6. The lowest BCUT2D eigenvalue weighted by Gasteiger charge is -2.27. The van der Waals surface area contributed by atoms with Crippen LogP contribution in [0.4, 0.5) is 22.1 Å². The highest BCUT2D eigenvalue weighted by molar-refractivity contribution is 6.05. The van der Waals surface area contributed by atoms with Gasteiger partial charge in [0.05, 0.1) is 23.6 Å². The lowest BCUT2D eigenvalue weighted by molar-refractivity contribution is 0.0598. The molecule has 41 heavy (non-hydrogen) atoms. The molecule has 0 aliphatic heterocycles. The first-order chi connectivity index (χ1) is 19.7. The van der Waals surface area contributed by atoms with Gasteiger partial charge in [0, 0.05) is 40.4 Å². The predicted molar refractivity (Wildman–Crippen MR) is 154 cm³/mol. The van der Waals surface area contributed by atoms with E-state index >= 15 is 0 Å². The van der Waals surface area contributed by atoms with Crippen molar-refractivity contribution in [1.82, 2.24) is 35.1 Å². The molecule has 6 aromatic rings. The molecule has 6 rings (SSSR count). The second-order valence-corrected chi connectivity index (χ2v) is 10.2. The van der Waals surface area contributed by atoms with Gasteiger partial charge in [0.25, 0.3) is 5.91 Å². The number of hydrogen-bond acceptors (Lipinski definition) is 8. The number of anilines is 3. The van der Waals surface area contributed by atoms with Gasteiger partial charge in [-0.15, -0.1) is 0 Å². The number of rotatable bonds is 5. The molecule has 0 fully saturated rings. The highest BCUT2D eigenvalue weighted by atomic mass is 16.6. The van der Waals surface area contributed by atoms with Gasteiger partial charge in [-0.05, 0) is 57.2 Å². The van der Waals surface area contributed by atoms with Gasteiger partial charge in [-0.1, -0.05) is 12.1 Å². The van der Waals surface area contributed by atoms with E-state index in [1.54, 1.807) is 51.4 Å². The van der Waals surface area contributed by atoms with E-state index in [0.717, 1.165) is 21.8 Å². The summed E-state index contributed by atoms with van der Waals surface area (Å²) in [5.41, 5.74) is 2.46. The smallest absolute Gasteiger partial charge is 0.420 e. The molecular weight excluding hydrogens is 522 g/mol. The number of carbonyl (C=O) groups excluding carboxylic acids is 2. The van der Waals surface area contributed by atoms with Crippen molar-refractivity contribution < 1.29 is 14.3 Å². The van der Waals surface area contributed by atoms with Crippen LogP contribution in [-0.2, 0) is 4.74 Å². The van der Waals surface area contributed by atoms with E-state index in [0.29, 0.717) is 34.4 Å². The Morgan fingerprint density at radius 3 is 2.59 bits per heavy atom. The van der Waals surface area contributed by atoms with E-state index in [9.17, 15) is 9.59 Å². The Balaban J connectivity index is 1.34. The van der Waals surface area contributed by atoms with E-state index in [4.69, 9.17) is 9.72 Å². The maximum atomic E-state index is 13.4. The number of aromatic nitrogens is 7. The van der Waals surface area contributed by atoms with Gasteiger partial charge in [-0.2, -0.15) is 5.10 Å². The number of carbonyl (C=O) groups is 2. The Bertz CT molecular complexity index is 1890. The maximum absolute atomic E-state index is 13.4. The van der Waals surface area contributed by atoms with E-state index in [-0.39, 0.29) is 5.91 Å². The lowest BCUT2D eigenvalue weighted by atomic mass is 10.1. The molecule has 0 saturated carbocycles. The van der Waals surface area contributed by atoms with Crippen LogP contribution in [0, 0.1) is 0 Å². The Hall–Kier alpha value is -5.65. The van der Waals surface area contributed by atoms with Gasteiger partial charge >= 0.3 is 6.09 Å². The monoisotopic (exact) mass is 547 g/mol. The van der Waals surface area contributed by atoms with Gasteiger partial charge in [0.15, 0.2) is 11.6 Å². The third kappa shape index (κ3) is 5.43. The van der Waals surface area contributed by atoms with Crippen molar-refractivity contribution in [3.8, 4) is 11.4 Å². The molecule has 2 amide bonds. The average molecular weight is 548 g/mol. The minimum Gasteiger partial charge on any atom is -0.443 e. The van der Waals surface area contributed by atoms with E-state index in [1.807, 2.05) is 30.3 Å². The molecule has 2 aromatic carbocycles. The van der Waals surface area contributed by atoms with E-state index in [1.165, 1.54) is 23.5 Å². The Kier molecular flexibility index (Phi) is 6.34. The minimum absolute atomic E-state index is 0.336. The summed E-state index contributed by atoms with van der Waals surface area (Å²) in [5.74, 6) is 0.734. The van der Waals surface area contributed by atoms with Crippen molar-refractivity contribution >= 4 is 51.1 Å². The molecule has 0 atom stereocenters. The molecule has 12 nitrogen and oxygen atoms in total. The molecule has 0 spiro atoms. The topological polar surface area (TPSA) is 155 Å². The highest BCUT2D eigenvalue weighted by Crippen LogP contribution is 2.31. The summed E-state index contributed by atoms with van der Waals surface area (Å²) >= 11 is 0. The summed E-state index contributed by atoms with van der Waals surface area (Å²) in [6.07, 6.45) is 7.19. The molecule has 0 saturated heterocycles. The van der Waals surface area contributed by atoms with Crippen LogP contribution < -0.4 is 10.2 Å². The van der Waals surface area contributed by atoms with Crippen molar-refractivity contribution in [2.75, 3.05) is 10.2 Å². The second-order valence-electron chi connectivity index (χ2n) is 10.2. The maximum Gasteiger partial charge on any atom is 0.420 e. The lowest BCUT2D eigenvalue weighted by Crippen LogP contribution is -2.34. The fourth-order valence-corrected chi connectivity index (χ4v) is 4.26. The number of nitrogens with one attached hydrogen (secondary N) is 3. The Labute approximate surface area is 233 Å².